The molecule has 3 N–H and O–H groups in total. The van der Waals surface area contributed by atoms with E-state index in [2.05, 4.69) is 31.7 Å². The molecule has 9 heteroatoms. The van der Waals surface area contributed by atoms with Crippen LogP contribution < -0.4 is 15.4 Å². The van der Waals surface area contributed by atoms with Gasteiger partial charge in [0.1, 0.15) is 11.8 Å². The number of nitrogens with one attached hydrogen (secondary N) is 2. The van der Waals surface area contributed by atoms with E-state index in [1.807, 2.05) is 19.1 Å². The maximum absolute atomic E-state index is 9.95. The van der Waals surface area contributed by atoms with Crippen LogP contribution in [0.4, 0.5) is 17.3 Å². The van der Waals surface area contributed by atoms with Gasteiger partial charge in [-0.2, -0.15) is 5.26 Å². The third kappa shape index (κ3) is 3.73. The lowest BCUT2D eigenvalue weighted by Gasteiger charge is -2.21. The Morgan fingerprint density at radius 2 is 2.21 bits per heavy atom. The molecule has 0 bridgehead atoms. The number of aromatic nitrogens is 3. The molecular weight excluding hydrogens is 420 g/mol. The molecule has 1 unspecified atom stereocenters. The minimum Gasteiger partial charge on any atom is -0.480 e. The zero-order chi connectivity index (χ0) is 23.0. The Balaban J connectivity index is 1.52. The second kappa shape index (κ2) is 8.31. The van der Waals surface area contributed by atoms with Gasteiger partial charge in [-0.3, -0.25) is 0 Å². The van der Waals surface area contributed by atoms with Crippen molar-refractivity contribution in [3.63, 3.8) is 0 Å². The maximum atomic E-state index is 9.95. The number of aliphatic hydroxyl groups is 1. The molecule has 0 aliphatic carbocycles. The van der Waals surface area contributed by atoms with Crippen LogP contribution in [0.25, 0.3) is 11.3 Å². The summed E-state index contributed by atoms with van der Waals surface area (Å²) < 4.78 is 11.0. The number of fused-ring (bicyclic) bond motifs is 2. The maximum Gasteiger partial charge on any atom is 0.237 e. The van der Waals surface area contributed by atoms with Crippen LogP contribution in [-0.4, -0.2) is 46.9 Å². The van der Waals surface area contributed by atoms with E-state index in [4.69, 9.17) is 9.47 Å². The third-order valence-electron chi connectivity index (χ3n) is 6.20. The largest absolute Gasteiger partial charge is 0.480 e. The van der Waals surface area contributed by atoms with Crippen molar-refractivity contribution >= 4 is 17.3 Å². The highest BCUT2D eigenvalue weighted by molar-refractivity contribution is 5.76. The number of aliphatic hydroxyl groups excluding tert-OH is 1. The number of anilines is 3. The lowest BCUT2D eigenvalue weighted by atomic mass is 9.83. The quantitative estimate of drug-likeness (QED) is 0.544. The summed E-state index contributed by atoms with van der Waals surface area (Å²) in [6.45, 7) is 3.68. The highest BCUT2D eigenvalue weighted by Crippen LogP contribution is 2.41. The van der Waals surface area contributed by atoms with Crippen LogP contribution in [-0.2, 0) is 23.2 Å². The first-order valence-electron chi connectivity index (χ1n) is 10.7. The first kappa shape index (κ1) is 21.1. The van der Waals surface area contributed by atoms with Crippen molar-refractivity contribution < 1.29 is 14.6 Å². The van der Waals surface area contributed by atoms with Crippen LogP contribution in [0.15, 0.2) is 30.5 Å². The highest BCUT2D eigenvalue weighted by atomic mass is 16.5. The highest BCUT2D eigenvalue weighted by Gasteiger charge is 2.36. The summed E-state index contributed by atoms with van der Waals surface area (Å²) in [5.74, 6) is 0.852. The summed E-state index contributed by atoms with van der Waals surface area (Å²) in [6, 6.07) is 9.80. The van der Waals surface area contributed by atoms with E-state index in [0.717, 1.165) is 34.5 Å². The van der Waals surface area contributed by atoms with Crippen molar-refractivity contribution in [3.05, 3.63) is 52.8 Å². The van der Waals surface area contributed by atoms with Crippen LogP contribution in [0.1, 0.15) is 29.3 Å². The van der Waals surface area contributed by atoms with E-state index >= 15 is 0 Å². The third-order valence-corrected chi connectivity index (χ3v) is 6.20. The summed E-state index contributed by atoms with van der Waals surface area (Å²) in [5, 5.41) is 26.1. The second-order valence-electron chi connectivity index (χ2n) is 8.47. The molecule has 2 aromatic heterocycles. The van der Waals surface area contributed by atoms with Gasteiger partial charge in [-0.1, -0.05) is 6.92 Å². The lowest BCUT2D eigenvalue weighted by Crippen LogP contribution is -2.28. The molecule has 1 aromatic carbocycles. The van der Waals surface area contributed by atoms with Crippen molar-refractivity contribution in [2.24, 2.45) is 0 Å². The topological polar surface area (TPSA) is 125 Å². The van der Waals surface area contributed by atoms with Crippen molar-refractivity contribution in [1.29, 1.82) is 5.26 Å². The van der Waals surface area contributed by atoms with Crippen LogP contribution in [0, 0.1) is 11.3 Å². The van der Waals surface area contributed by atoms with Gasteiger partial charge in [0.05, 0.1) is 49.6 Å². The smallest absolute Gasteiger partial charge is 0.237 e. The molecule has 2 aliphatic heterocycles. The van der Waals surface area contributed by atoms with Crippen molar-refractivity contribution in [1.82, 2.24) is 15.0 Å². The van der Waals surface area contributed by atoms with E-state index in [9.17, 15) is 10.4 Å². The lowest BCUT2D eigenvalue weighted by molar-refractivity contribution is 0.109. The van der Waals surface area contributed by atoms with Crippen LogP contribution in [0.2, 0.25) is 0 Å². The summed E-state index contributed by atoms with van der Waals surface area (Å²) >= 11 is 0. The van der Waals surface area contributed by atoms with Gasteiger partial charge in [-0.15, -0.1) is 0 Å². The standard InChI is InChI=1S/C24H24N6O3/c1-24(13-31)12-27-21-15(10-25)7-14(8-17(21)24)18-3-5-26-23(29-18)30-20-9-16-11-33-6-4-19(16)28-22(20)32-2/h3,5,7-9,27,31H,4,6,11-13H2,1-2H3,(H,26,29,30). The Bertz CT molecular complexity index is 1270. The number of rotatable bonds is 5. The summed E-state index contributed by atoms with van der Waals surface area (Å²) in [4.78, 5) is 13.6. The van der Waals surface area contributed by atoms with Crippen molar-refractivity contribution in [2.75, 3.05) is 37.5 Å². The van der Waals surface area contributed by atoms with Gasteiger partial charge in [0.25, 0.3) is 0 Å². The Hall–Kier alpha value is -3.74. The molecule has 9 nitrogen and oxygen atoms in total. The number of pyridine rings is 1. The average Bonchev–Trinajstić information content (AvgIpc) is 3.20. The number of hydrogen-bond acceptors (Lipinski definition) is 9. The molecule has 168 valence electrons. The zero-order valence-corrected chi connectivity index (χ0v) is 18.5. The molecule has 0 spiro atoms. The average molecular weight is 444 g/mol. The summed E-state index contributed by atoms with van der Waals surface area (Å²) in [5.41, 5.74) is 5.82. The monoisotopic (exact) mass is 444 g/mol. The molecule has 0 radical (unpaired) electrons. The minimum absolute atomic E-state index is 0.0211. The molecule has 0 saturated heterocycles. The Morgan fingerprint density at radius 3 is 3.00 bits per heavy atom. The molecule has 2 aliphatic rings. The first-order valence-corrected chi connectivity index (χ1v) is 10.7. The molecule has 1 atom stereocenters. The Morgan fingerprint density at radius 1 is 1.33 bits per heavy atom. The minimum atomic E-state index is -0.463. The second-order valence-corrected chi connectivity index (χ2v) is 8.47. The predicted molar refractivity (Wildman–Crippen MR) is 123 cm³/mol. The van der Waals surface area contributed by atoms with E-state index in [1.54, 1.807) is 25.4 Å². The van der Waals surface area contributed by atoms with Crippen LogP contribution >= 0.6 is 0 Å². The van der Waals surface area contributed by atoms with Gasteiger partial charge in [0.2, 0.25) is 11.8 Å². The fourth-order valence-corrected chi connectivity index (χ4v) is 4.28. The molecular formula is C24H24N6O3. The van der Waals surface area contributed by atoms with Crippen molar-refractivity contribution in [2.45, 2.75) is 25.4 Å². The molecule has 5 rings (SSSR count). The molecule has 4 heterocycles. The molecule has 33 heavy (non-hydrogen) atoms. The van der Waals surface area contributed by atoms with Gasteiger partial charge in [-0.25, -0.2) is 15.0 Å². The molecule has 3 aromatic rings. The van der Waals surface area contributed by atoms with Gasteiger partial charge >= 0.3 is 0 Å². The fourth-order valence-electron chi connectivity index (χ4n) is 4.28. The fraction of sp³-hybridized carbons (Fsp3) is 0.333. The number of nitrogens with zero attached hydrogens (tertiary/aromatic N) is 4. The number of ether oxygens (including phenoxy) is 2. The van der Waals surface area contributed by atoms with Crippen LogP contribution in [0.3, 0.4) is 0 Å². The Labute approximate surface area is 191 Å². The Kier molecular flexibility index (Phi) is 5.32. The molecule has 0 fully saturated rings. The van der Waals surface area contributed by atoms with E-state index in [1.165, 1.54) is 0 Å². The molecule has 0 amide bonds. The van der Waals surface area contributed by atoms with Gasteiger partial charge < -0.3 is 25.2 Å². The van der Waals surface area contributed by atoms with E-state index in [0.29, 0.717) is 48.5 Å². The zero-order valence-electron chi connectivity index (χ0n) is 18.5. The number of nitriles is 1. The normalized spacial score (nSPS) is 18.6. The first-order chi connectivity index (χ1) is 16.0. The van der Waals surface area contributed by atoms with Gasteiger partial charge in [0, 0.05) is 35.7 Å². The molecule has 0 saturated carbocycles. The van der Waals surface area contributed by atoms with Crippen LogP contribution in [0.5, 0.6) is 5.88 Å². The number of benzene rings is 1. The predicted octanol–water partition coefficient (Wildman–Crippen LogP) is 2.91. The van der Waals surface area contributed by atoms with E-state index in [-0.39, 0.29) is 6.61 Å². The number of methoxy groups -OCH3 is 1. The number of hydrogen-bond donors (Lipinski definition) is 3. The van der Waals surface area contributed by atoms with E-state index < -0.39 is 5.41 Å². The van der Waals surface area contributed by atoms with Gasteiger partial charge in [-0.05, 0) is 29.8 Å². The summed E-state index contributed by atoms with van der Waals surface area (Å²) in [7, 11) is 1.58. The SMILES string of the molecule is COc1nc2c(cc1Nc1nccc(-c3cc(C#N)c4c(c3)C(C)(CO)CN4)n1)COCC2. The van der Waals surface area contributed by atoms with Crippen molar-refractivity contribution in [3.8, 4) is 23.2 Å². The summed E-state index contributed by atoms with van der Waals surface area (Å²) in [6.07, 6.45) is 2.41. The van der Waals surface area contributed by atoms with Gasteiger partial charge in [0.15, 0.2) is 0 Å².